The van der Waals surface area contributed by atoms with Crippen molar-refractivity contribution in [3.8, 4) is 17.2 Å². The van der Waals surface area contributed by atoms with E-state index in [1.807, 2.05) is 12.1 Å². The minimum Gasteiger partial charge on any atom is -0.493 e. The van der Waals surface area contributed by atoms with Gasteiger partial charge in [-0.05, 0) is 42.7 Å². The third kappa shape index (κ3) is 5.74. The SMILES string of the molecule is CNC(=O)c1ccc(CN(C(=O)CNC(=O)c2cc(OC)c(OC)c(OC)c2)C2CC2)cc1. The fourth-order valence-corrected chi connectivity index (χ4v) is 3.48. The Morgan fingerprint density at radius 1 is 0.909 bits per heavy atom. The third-order valence-corrected chi connectivity index (χ3v) is 5.43. The fourth-order valence-electron chi connectivity index (χ4n) is 3.48. The van der Waals surface area contributed by atoms with E-state index >= 15 is 0 Å². The molecule has 0 aliphatic heterocycles. The highest BCUT2D eigenvalue weighted by molar-refractivity contribution is 5.97. The van der Waals surface area contributed by atoms with Crippen molar-refractivity contribution in [2.75, 3.05) is 34.9 Å². The van der Waals surface area contributed by atoms with E-state index in [1.54, 1.807) is 24.1 Å². The molecule has 0 spiro atoms. The zero-order chi connectivity index (χ0) is 24.0. The molecule has 33 heavy (non-hydrogen) atoms. The molecule has 0 saturated heterocycles. The van der Waals surface area contributed by atoms with Gasteiger partial charge in [0, 0.05) is 30.8 Å². The third-order valence-electron chi connectivity index (χ3n) is 5.43. The lowest BCUT2D eigenvalue weighted by atomic mass is 10.1. The van der Waals surface area contributed by atoms with Crippen LogP contribution in [-0.4, -0.2) is 63.6 Å². The maximum Gasteiger partial charge on any atom is 0.251 e. The molecule has 0 atom stereocenters. The number of ether oxygens (including phenoxy) is 3. The van der Waals surface area contributed by atoms with E-state index in [0.717, 1.165) is 18.4 Å². The standard InChI is InChI=1S/C24H29N3O6/c1-25-23(29)16-7-5-15(6-8-16)14-27(18-9-10-18)21(28)13-26-24(30)17-11-19(31-2)22(33-4)20(12-17)32-3/h5-8,11-12,18H,9-10,13-14H2,1-4H3,(H,25,29)(H,26,30). The van der Waals surface area contributed by atoms with E-state index in [4.69, 9.17) is 14.2 Å². The van der Waals surface area contributed by atoms with Crippen molar-refractivity contribution < 1.29 is 28.6 Å². The van der Waals surface area contributed by atoms with Crippen LogP contribution >= 0.6 is 0 Å². The Balaban J connectivity index is 1.66. The number of methoxy groups -OCH3 is 3. The fraction of sp³-hybridized carbons (Fsp3) is 0.375. The molecule has 0 radical (unpaired) electrons. The number of carbonyl (C=O) groups is 3. The molecule has 1 aliphatic rings. The Morgan fingerprint density at radius 3 is 2.00 bits per heavy atom. The molecule has 2 aromatic rings. The van der Waals surface area contributed by atoms with Gasteiger partial charge < -0.3 is 29.7 Å². The molecular formula is C24H29N3O6. The predicted molar refractivity (Wildman–Crippen MR) is 122 cm³/mol. The van der Waals surface area contributed by atoms with Gasteiger partial charge in [0.15, 0.2) is 11.5 Å². The molecule has 1 aliphatic carbocycles. The molecule has 2 N–H and O–H groups in total. The van der Waals surface area contributed by atoms with Crippen LogP contribution in [0.3, 0.4) is 0 Å². The van der Waals surface area contributed by atoms with Gasteiger partial charge >= 0.3 is 0 Å². The Hall–Kier alpha value is -3.75. The van der Waals surface area contributed by atoms with Crippen molar-refractivity contribution in [3.63, 3.8) is 0 Å². The van der Waals surface area contributed by atoms with Crippen LogP contribution in [0.4, 0.5) is 0 Å². The number of hydrogen-bond donors (Lipinski definition) is 2. The van der Waals surface area contributed by atoms with Crippen molar-refractivity contribution in [1.29, 1.82) is 0 Å². The van der Waals surface area contributed by atoms with Gasteiger partial charge in [-0.3, -0.25) is 14.4 Å². The van der Waals surface area contributed by atoms with Crippen molar-refractivity contribution in [2.24, 2.45) is 0 Å². The van der Waals surface area contributed by atoms with Crippen LogP contribution in [0.15, 0.2) is 36.4 Å². The molecule has 1 saturated carbocycles. The predicted octanol–water partition coefficient (Wildman–Crippen LogP) is 1.99. The molecule has 1 fully saturated rings. The first-order chi connectivity index (χ1) is 15.9. The quantitative estimate of drug-likeness (QED) is 0.568. The maximum absolute atomic E-state index is 12.9. The largest absolute Gasteiger partial charge is 0.493 e. The molecule has 176 valence electrons. The molecule has 3 amide bonds. The number of rotatable bonds is 10. The van der Waals surface area contributed by atoms with E-state index in [1.165, 1.54) is 33.5 Å². The van der Waals surface area contributed by atoms with Crippen LogP contribution in [-0.2, 0) is 11.3 Å². The first kappa shape index (κ1) is 23.9. The van der Waals surface area contributed by atoms with E-state index in [2.05, 4.69) is 10.6 Å². The number of benzene rings is 2. The smallest absolute Gasteiger partial charge is 0.251 e. The van der Waals surface area contributed by atoms with Crippen LogP contribution in [0.1, 0.15) is 39.1 Å². The highest BCUT2D eigenvalue weighted by Gasteiger charge is 2.32. The van der Waals surface area contributed by atoms with E-state index < -0.39 is 5.91 Å². The Morgan fingerprint density at radius 2 is 1.52 bits per heavy atom. The van der Waals surface area contributed by atoms with Gasteiger partial charge in [0.25, 0.3) is 11.8 Å². The summed E-state index contributed by atoms with van der Waals surface area (Å²) in [4.78, 5) is 39.1. The zero-order valence-corrected chi connectivity index (χ0v) is 19.3. The first-order valence-electron chi connectivity index (χ1n) is 10.6. The Bertz CT molecular complexity index is 992. The monoisotopic (exact) mass is 455 g/mol. The lowest BCUT2D eigenvalue weighted by molar-refractivity contribution is -0.131. The summed E-state index contributed by atoms with van der Waals surface area (Å²) in [6.45, 7) is 0.278. The molecule has 9 heteroatoms. The first-order valence-corrected chi connectivity index (χ1v) is 10.6. The Kier molecular flexibility index (Phi) is 7.76. The van der Waals surface area contributed by atoms with Crippen molar-refractivity contribution in [2.45, 2.75) is 25.4 Å². The molecule has 0 unspecified atom stereocenters. The second kappa shape index (κ2) is 10.7. The molecule has 0 aromatic heterocycles. The lowest BCUT2D eigenvalue weighted by Gasteiger charge is -2.23. The number of nitrogens with zero attached hydrogens (tertiary/aromatic N) is 1. The minimum atomic E-state index is -0.423. The minimum absolute atomic E-state index is 0.137. The molecule has 2 aromatic carbocycles. The number of hydrogen-bond acceptors (Lipinski definition) is 6. The molecule has 3 rings (SSSR count). The van der Waals surface area contributed by atoms with Gasteiger partial charge in [-0.25, -0.2) is 0 Å². The second-order valence-corrected chi connectivity index (χ2v) is 7.63. The van der Waals surface area contributed by atoms with E-state index in [-0.39, 0.29) is 24.4 Å². The summed E-state index contributed by atoms with van der Waals surface area (Å²) >= 11 is 0. The lowest BCUT2D eigenvalue weighted by Crippen LogP contribution is -2.41. The summed E-state index contributed by atoms with van der Waals surface area (Å²) in [5, 5.41) is 5.27. The number of nitrogens with one attached hydrogen (secondary N) is 2. The maximum atomic E-state index is 12.9. The van der Waals surface area contributed by atoms with Crippen molar-refractivity contribution in [1.82, 2.24) is 15.5 Å². The van der Waals surface area contributed by atoms with Crippen LogP contribution in [0, 0.1) is 0 Å². The highest BCUT2D eigenvalue weighted by atomic mass is 16.5. The van der Waals surface area contributed by atoms with E-state index in [9.17, 15) is 14.4 Å². The summed E-state index contributed by atoms with van der Waals surface area (Å²) in [5.74, 6) is 0.337. The normalized spacial score (nSPS) is 12.5. The molecule has 0 heterocycles. The summed E-state index contributed by atoms with van der Waals surface area (Å²) < 4.78 is 15.8. The summed E-state index contributed by atoms with van der Waals surface area (Å²) in [6, 6.07) is 10.4. The average molecular weight is 456 g/mol. The van der Waals surface area contributed by atoms with Crippen molar-refractivity contribution in [3.05, 3.63) is 53.1 Å². The average Bonchev–Trinajstić information content (AvgIpc) is 3.69. The molecule has 0 bridgehead atoms. The second-order valence-electron chi connectivity index (χ2n) is 7.63. The van der Waals surface area contributed by atoms with Gasteiger partial charge in [0.05, 0.1) is 27.9 Å². The summed E-state index contributed by atoms with van der Waals surface area (Å²) in [5.41, 5.74) is 1.77. The zero-order valence-electron chi connectivity index (χ0n) is 19.3. The number of amides is 3. The van der Waals surface area contributed by atoms with Gasteiger partial charge in [-0.2, -0.15) is 0 Å². The summed E-state index contributed by atoms with van der Waals surface area (Å²) in [6.07, 6.45) is 1.87. The summed E-state index contributed by atoms with van der Waals surface area (Å²) in [7, 11) is 6.00. The van der Waals surface area contributed by atoms with Crippen LogP contribution in [0.2, 0.25) is 0 Å². The Labute approximate surface area is 193 Å². The topological polar surface area (TPSA) is 106 Å². The number of carbonyl (C=O) groups excluding carboxylic acids is 3. The highest BCUT2D eigenvalue weighted by Crippen LogP contribution is 2.38. The van der Waals surface area contributed by atoms with Crippen LogP contribution in [0.25, 0.3) is 0 Å². The van der Waals surface area contributed by atoms with Gasteiger partial charge in [0.2, 0.25) is 11.7 Å². The van der Waals surface area contributed by atoms with Gasteiger partial charge in [-0.1, -0.05) is 12.1 Å². The van der Waals surface area contributed by atoms with Gasteiger partial charge in [-0.15, -0.1) is 0 Å². The molecule has 9 nitrogen and oxygen atoms in total. The van der Waals surface area contributed by atoms with Crippen LogP contribution in [0.5, 0.6) is 17.2 Å². The van der Waals surface area contributed by atoms with E-state index in [0.29, 0.717) is 34.9 Å². The van der Waals surface area contributed by atoms with Crippen molar-refractivity contribution >= 4 is 17.7 Å². The van der Waals surface area contributed by atoms with Gasteiger partial charge in [0.1, 0.15) is 0 Å². The molecular weight excluding hydrogens is 426 g/mol. The van der Waals surface area contributed by atoms with Crippen LogP contribution < -0.4 is 24.8 Å².